The fraction of sp³-hybridized carbons (Fsp3) is 0.800. The first kappa shape index (κ1) is 7.80. The van der Waals surface area contributed by atoms with Crippen LogP contribution in [-0.4, -0.2) is 21.4 Å². The van der Waals surface area contributed by atoms with E-state index in [0.717, 1.165) is 12.8 Å². The summed E-state index contributed by atoms with van der Waals surface area (Å²) in [4.78, 5) is 10.5. The monoisotopic (exact) mass is 110 g/mol. The van der Waals surface area contributed by atoms with Gasteiger partial charge >= 0.3 is 0 Å². The van der Waals surface area contributed by atoms with Gasteiger partial charge in [-0.15, -0.1) is 0 Å². The van der Waals surface area contributed by atoms with Crippen LogP contribution >= 0.6 is 0 Å². The first-order valence-electron chi connectivity index (χ1n) is 3.19. The predicted molar refractivity (Wildman–Crippen MR) is 40.8 cm³/mol. The maximum atomic E-state index is 10.5. The van der Waals surface area contributed by atoms with Crippen molar-refractivity contribution in [3.63, 3.8) is 0 Å². The van der Waals surface area contributed by atoms with Gasteiger partial charge < -0.3 is 4.79 Å². The van der Waals surface area contributed by atoms with Gasteiger partial charge in [-0.25, -0.2) is 0 Å². The zero-order chi connectivity index (χ0) is 6.57. The zero-order valence-corrected chi connectivity index (χ0v) is 5.90. The summed E-state index contributed by atoms with van der Waals surface area (Å²) < 4.78 is 0. The van der Waals surface area contributed by atoms with Gasteiger partial charge in [0.2, 0.25) is 0 Å². The molecule has 0 bridgehead atoms. The molecule has 0 aliphatic heterocycles. The summed E-state index contributed by atoms with van der Waals surface area (Å²) >= 11 is 0. The fourth-order valence-electron chi connectivity index (χ4n) is 0.636. The third kappa shape index (κ3) is 2.89. The van der Waals surface area contributed by atoms with Crippen LogP contribution in [0.15, 0.2) is 0 Å². The van der Waals surface area contributed by atoms with Crippen LogP contribution in [0.2, 0.25) is 5.82 Å². The summed E-state index contributed by atoms with van der Waals surface area (Å²) in [6.45, 7) is 2.10. The molecule has 0 amide bonds. The molecule has 0 rings (SSSR count). The van der Waals surface area contributed by atoms with E-state index in [4.69, 9.17) is 0 Å². The first-order chi connectivity index (χ1) is 3.68. The lowest BCUT2D eigenvalue weighted by atomic mass is 9.73. The molecule has 0 saturated carbocycles. The molecule has 1 nitrogen and oxygen atoms in total. The average molecular weight is 110 g/mol. The second-order valence-corrected chi connectivity index (χ2v) is 2.30. The third-order valence-electron chi connectivity index (χ3n) is 1.42. The van der Waals surface area contributed by atoms with Gasteiger partial charge in [0.1, 0.15) is 7.85 Å². The van der Waals surface area contributed by atoms with E-state index in [9.17, 15) is 4.79 Å². The van der Waals surface area contributed by atoms with Crippen molar-refractivity contribution in [2.24, 2.45) is 0 Å². The van der Waals surface area contributed by atoms with Crippen molar-refractivity contribution in [3.8, 4) is 0 Å². The van der Waals surface area contributed by atoms with Crippen LogP contribution in [-0.2, 0) is 4.79 Å². The van der Waals surface area contributed by atoms with E-state index in [-0.39, 0.29) is 5.82 Å². The lowest BCUT2D eigenvalue weighted by Crippen LogP contribution is -2.06. The van der Waals surface area contributed by atoms with Crippen molar-refractivity contribution in [1.82, 2.24) is 0 Å². The Hall–Kier alpha value is -0.200. The van der Waals surface area contributed by atoms with Gasteiger partial charge in [-0.1, -0.05) is 19.8 Å². The Labute approximate surface area is 52.7 Å². The zero-order valence-electron chi connectivity index (χ0n) is 5.90. The summed E-state index contributed by atoms with van der Waals surface area (Å²) in [6.07, 6.45) is 2.15. The average Bonchev–Trinajstić information content (AvgIpc) is 1.67. The van der Waals surface area contributed by atoms with Gasteiger partial charge in [0, 0.05) is 0 Å². The molecule has 0 radical (unpaired) electrons. The molecule has 44 valence electrons. The molecule has 0 aromatic rings. The maximum Gasteiger partial charge on any atom is 0.186 e. The number of hydrogen-bond acceptors (Lipinski definition) is 1. The fourth-order valence-corrected chi connectivity index (χ4v) is 0.636. The molecule has 1 unspecified atom stereocenters. The highest BCUT2D eigenvalue weighted by atomic mass is 16.1. The van der Waals surface area contributed by atoms with Crippen molar-refractivity contribution in [2.75, 3.05) is 0 Å². The van der Waals surface area contributed by atoms with E-state index in [1.807, 2.05) is 7.85 Å². The van der Waals surface area contributed by atoms with E-state index in [1.165, 1.54) is 0 Å². The number of carbonyl (C=O) groups excluding carboxylic acids is 1. The molecule has 0 aromatic heterocycles. The van der Waals surface area contributed by atoms with Crippen LogP contribution in [0, 0.1) is 0 Å². The Morgan fingerprint density at radius 3 is 2.38 bits per heavy atom. The highest BCUT2D eigenvalue weighted by Gasteiger charge is 2.03. The minimum atomic E-state index is 0.278. The Morgan fingerprint density at radius 2 is 2.25 bits per heavy atom. The van der Waals surface area contributed by atoms with Gasteiger partial charge in [-0.05, 0) is 5.82 Å². The molecule has 1 atom stereocenters. The van der Waals surface area contributed by atoms with Crippen LogP contribution in [0.1, 0.15) is 19.8 Å². The number of hydrogen-bond donors (Lipinski definition) is 0. The van der Waals surface area contributed by atoms with Gasteiger partial charge in [0.15, 0.2) is 7.85 Å². The van der Waals surface area contributed by atoms with E-state index in [1.54, 1.807) is 7.85 Å². The molecule has 0 N–H and O–H groups in total. The largest absolute Gasteiger partial charge is 0.312 e. The molecule has 0 saturated heterocycles. The summed E-state index contributed by atoms with van der Waals surface area (Å²) in [5.41, 5.74) is 0.312. The van der Waals surface area contributed by atoms with Crippen LogP contribution in [0.3, 0.4) is 0 Å². The van der Waals surface area contributed by atoms with E-state index in [2.05, 4.69) is 6.92 Å². The quantitative estimate of drug-likeness (QED) is 0.442. The second-order valence-electron chi connectivity index (χ2n) is 2.30. The van der Waals surface area contributed by atoms with Crippen molar-refractivity contribution in [1.29, 1.82) is 0 Å². The summed E-state index contributed by atoms with van der Waals surface area (Å²) in [5.74, 6) is 0.278. The number of carbonyl (C=O) groups is 1. The van der Waals surface area contributed by atoms with Crippen molar-refractivity contribution >= 4 is 21.4 Å². The van der Waals surface area contributed by atoms with Crippen LogP contribution in [0.4, 0.5) is 0 Å². The van der Waals surface area contributed by atoms with Gasteiger partial charge in [0.05, 0.1) is 5.68 Å². The standard InChI is InChI=1S/C5H12B2O/c1-2-3-4(6)5(7)8/h4H,2-3,6-7H2,1H3. The van der Waals surface area contributed by atoms with E-state index < -0.39 is 0 Å². The molecular formula is C5H12B2O. The predicted octanol–water partition coefficient (Wildman–Crippen LogP) is -0.632. The third-order valence-corrected chi connectivity index (χ3v) is 1.42. The first-order valence-corrected chi connectivity index (χ1v) is 3.19. The Kier molecular flexibility index (Phi) is 3.67. The van der Waals surface area contributed by atoms with Crippen molar-refractivity contribution in [3.05, 3.63) is 0 Å². The summed E-state index contributed by atoms with van der Waals surface area (Å²) in [6, 6.07) is 0. The topological polar surface area (TPSA) is 17.1 Å². The minimum absolute atomic E-state index is 0.278. The molecule has 3 heteroatoms. The second kappa shape index (κ2) is 3.76. The Morgan fingerprint density at radius 1 is 1.75 bits per heavy atom. The molecule has 0 heterocycles. The molecular weight excluding hydrogens is 97.7 g/mol. The highest BCUT2D eigenvalue weighted by Crippen LogP contribution is 2.06. The smallest absolute Gasteiger partial charge is 0.186 e. The summed E-state index contributed by atoms with van der Waals surface area (Å²) in [7, 11) is 3.63. The highest BCUT2D eigenvalue weighted by molar-refractivity contribution is 6.63. The van der Waals surface area contributed by atoms with Crippen LogP contribution in [0.5, 0.6) is 0 Å². The van der Waals surface area contributed by atoms with Gasteiger partial charge in [0.25, 0.3) is 0 Å². The lowest BCUT2D eigenvalue weighted by molar-refractivity contribution is -0.111. The SMILES string of the molecule is BC(=O)C(B)CCC. The lowest BCUT2D eigenvalue weighted by Gasteiger charge is -2.02. The van der Waals surface area contributed by atoms with Gasteiger partial charge in [-0.2, -0.15) is 0 Å². The van der Waals surface area contributed by atoms with E-state index in [0.29, 0.717) is 5.68 Å². The van der Waals surface area contributed by atoms with E-state index >= 15 is 0 Å². The maximum absolute atomic E-state index is 10.5. The molecule has 0 aliphatic rings. The van der Waals surface area contributed by atoms with Crippen molar-refractivity contribution in [2.45, 2.75) is 25.6 Å². The van der Waals surface area contributed by atoms with Crippen LogP contribution < -0.4 is 0 Å². The Bertz CT molecular complexity index is 82.5. The molecule has 0 aromatic carbocycles. The van der Waals surface area contributed by atoms with Crippen LogP contribution in [0.25, 0.3) is 0 Å². The minimum Gasteiger partial charge on any atom is -0.312 e. The molecule has 0 fully saturated rings. The number of rotatable bonds is 3. The Balaban J connectivity index is 3.32. The molecule has 8 heavy (non-hydrogen) atoms. The molecule has 0 spiro atoms. The normalized spacial score (nSPS) is 13.1. The van der Waals surface area contributed by atoms with Gasteiger partial charge in [-0.3, -0.25) is 0 Å². The van der Waals surface area contributed by atoms with Crippen molar-refractivity contribution < 1.29 is 4.79 Å². The summed E-state index contributed by atoms with van der Waals surface area (Å²) in [5, 5.41) is 0. The molecule has 0 aliphatic carbocycles.